The fraction of sp³-hybridized carbons (Fsp3) is 0.304. The van der Waals surface area contributed by atoms with Crippen molar-refractivity contribution in [2.24, 2.45) is 0 Å². The van der Waals surface area contributed by atoms with Crippen LogP contribution in [-0.2, 0) is 9.59 Å². The molecule has 0 unspecified atom stereocenters. The molecule has 1 fully saturated rings. The molecule has 31 heavy (non-hydrogen) atoms. The molecule has 0 radical (unpaired) electrons. The summed E-state index contributed by atoms with van der Waals surface area (Å²) < 4.78 is 24.3. The van der Waals surface area contributed by atoms with E-state index in [2.05, 4.69) is 0 Å². The van der Waals surface area contributed by atoms with Crippen molar-refractivity contribution < 1.29 is 28.6 Å². The summed E-state index contributed by atoms with van der Waals surface area (Å²) in [7, 11) is 6.67. The molecular weight excluding hydrogens is 403 g/mol. The molecule has 1 aliphatic heterocycles. The van der Waals surface area contributed by atoms with Crippen LogP contribution >= 0.6 is 0 Å². The van der Waals surface area contributed by atoms with E-state index in [-0.39, 0.29) is 23.4 Å². The van der Waals surface area contributed by atoms with E-state index >= 15 is 0 Å². The lowest BCUT2D eigenvalue weighted by Crippen LogP contribution is -2.35. The van der Waals surface area contributed by atoms with Crippen molar-refractivity contribution in [3.8, 4) is 11.5 Å². The minimum Gasteiger partial charge on any atom is -0.507 e. The number of hydrogen-bond acceptors (Lipinski definition) is 6. The molecular formula is C23H25FN2O5. The fourth-order valence-corrected chi connectivity index (χ4v) is 3.63. The second-order valence-corrected chi connectivity index (χ2v) is 7.39. The molecule has 0 spiro atoms. The molecule has 1 aliphatic rings. The molecule has 0 aliphatic carbocycles. The maximum Gasteiger partial charge on any atom is 0.295 e. The third-order valence-corrected chi connectivity index (χ3v) is 5.17. The summed E-state index contributed by atoms with van der Waals surface area (Å²) in [6.45, 7) is 0.759. The van der Waals surface area contributed by atoms with Crippen LogP contribution in [0.2, 0.25) is 0 Å². The van der Waals surface area contributed by atoms with Crippen LogP contribution in [0.5, 0.6) is 11.5 Å². The van der Waals surface area contributed by atoms with Gasteiger partial charge in [-0.25, -0.2) is 4.39 Å². The summed E-state index contributed by atoms with van der Waals surface area (Å²) in [4.78, 5) is 29.2. The van der Waals surface area contributed by atoms with Crippen molar-refractivity contribution in [1.29, 1.82) is 0 Å². The molecule has 2 aromatic carbocycles. The standard InChI is InChI=1S/C23H25FN2O5/c1-25(2)12-13-26-19(16-6-5-7-17(30-3)22(16)31-4)18(21(28)23(26)29)20(27)14-8-10-15(24)11-9-14/h5-11,19,27H,12-13H2,1-4H3/t19-/m0/s1. The van der Waals surface area contributed by atoms with E-state index in [4.69, 9.17) is 9.47 Å². The number of Topliss-reactive ketones (excluding diaryl/α,β-unsaturated/α-hetero) is 1. The highest BCUT2D eigenvalue weighted by Gasteiger charge is 2.47. The third-order valence-electron chi connectivity index (χ3n) is 5.17. The van der Waals surface area contributed by atoms with E-state index < -0.39 is 23.5 Å². The van der Waals surface area contributed by atoms with Crippen LogP contribution in [0.25, 0.3) is 5.76 Å². The lowest BCUT2D eigenvalue weighted by atomic mass is 9.94. The van der Waals surface area contributed by atoms with Crippen LogP contribution < -0.4 is 9.47 Å². The van der Waals surface area contributed by atoms with Gasteiger partial charge in [0.25, 0.3) is 11.7 Å². The zero-order valence-electron chi connectivity index (χ0n) is 17.9. The Morgan fingerprint density at radius 3 is 2.35 bits per heavy atom. The first-order chi connectivity index (χ1) is 14.8. The van der Waals surface area contributed by atoms with E-state index in [9.17, 15) is 19.1 Å². The summed E-state index contributed by atoms with van der Waals surface area (Å²) in [5.74, 6) is -1.60. The Kier molecular flexibility index (Phi) is 6.60. The number of aliphatic hydroxyl groups excluding tert-OH is 1. The summed E-state index contributed by atoms with van der Waals surface area (Å²) >= 11 is 0. The number of amides is 1. The van der Waals surface area contributed by atoms with Crippen LogP contribution in [0.3, 0.4) is 0 Å². The third kappa shape index (κ3) is 4.25. The Balaban J connectivity index is 2.23. The zero-order chi connectivity index (χ0) is 22.7. The molecule has 3 rings (SSSR count). The van der Waals surface area contributed by atoms with Crippen molar-refractivity contribution in [3.63, 3.8) is 0 Å². The molecule has 1 heterocycles. The first-order valence-electron chi connectivity index (χ1n) is 9.70. The Morgan fingerprint density at radius 1 is 1.10 bits per heavy atom. The van der Waals surface area contributed by atoms with Crippen molar-refractivity contribution in [2.75, 3.05) is 41.4 Å². The number of para-hydroxylation sites is 1. The van der Waals surface area contributed by atoms with Crippen LogP contribution in [0.1, 0.15) is 17.2 Å². The van der Waals surface area contributed by atoms with Gasteiger partial charge in [-0.3, -0.25) is 9.59 Å². The number of nitrogens with zero attached hydrogens (tertiary/aromatic N) is 2. The number of carbonyl (C=O) groups is 2. The Labute approximate surface area is 180 Å². The number of benzene rings is 2. The van der Waals surface area contributed by atoms with E-state index in [1.165, 1.54) is 43.4 Å². The minimum atomic E-state index is -0.893. The van der Waals surface area contributed by atoms with Gasteiger partial charge in [-0.1, -0.05) is 12.1 Å². The van der Waals surface area contributed by atoms with E-state index in [0.29, 0.717) is 23.6 Å². The maximum atomic E-state index is 13.4. The van der Waals surface area contributed by atoms with Gasteiger partial charge < -0.3 is 24.4 Å². The lowest BCUT2D eigenvalue weighted by Gasteiger charge is -2.28. The zero-order valence-corrected chi connectivity index (χ0v) is 17.9. The van der Waals surface area contributed by atoms with Gasteiger partial charge in [-0.2, -0.15) is 0 Å². The fourth-order valence-electron chi connectivity index (χ4n) is 3.63. The van der Waals surface area contributed by atoms with Crippen LogP contribution in [0.4, 0.5) is 4.39 Å². The average molecular weight is 428 g/mol. The highest BCUT2D eigenvalue weighted by Crippen LogP contribution is 2.45. The molecule has 1 amide bonds. The summed E-state index contributed by atoms with van der Waals surface area (Å²) in [6.07, 6.45) is 0. The predicted octanol–water partition coefficient (Wildman–Crippen LogP) is 2.83. The summed E-state index contributed by atoms with van der Waals surface area (Å²) in [5.41, 5.74) is 0.657. The van der Waals surface area contributed by atoms with Crippen LogP contribution in [0, 0.1) is 5.82 Å². The molecule has 1 saturated heterocycles. The maximum absolute atomic E-state index is 13.4. The number of carbonyl (C=O) groups excluding carboxylic acids is 2. The van der Waals surface area contributed by atoms with Gasteiger partial charge in [-0.05, 0) is 44.4 Å². The van der Waals surface area contributed by atoms with E-state index in [1.807, 2.05) is 19.0 Å². The normalized spacial score (nSPS) is 18.0. The molecule has 1 N–H and O–H groups in total. The largest absolute Gasteiger partial charge is 0.507 e. The van der Waals surface area contributed by atoms with Gasteiger partial charge in [0.15, 0.2) is 11.5 Å². The summed E-state index contributed by atoms with van der Waals surface area (Å²) in [5, 5.41) is 11.0. The number of ketones is 1. The second-order valence-electron chi connectivity index (χ2n) is 7.39. The van der Waals surface area contributed by atoms with Gasteiger partial charge in [0, 0.05) is 24.2 Å². The van der Waals surface area contributed by atoms with Gasteiger partial charge in [0.2, 0.25) is 0 Å². The molecule has 8 heteroatoms. The molecule has 164 valence electrons. The Hall–Kier alpha value is -3.39. The Morgan fingerprint density at radius 2 is 1.77 bits per heavy atom. The van der Waals surface area contributed by atoms with Crippen molar-refractivity contribution in [2.45, 2.75) is 6.04 Å². The molecule has 2 aromatic rings. The SMILES string of the molecule is COc1cccc([C@H]2C(=C(O)c3ccc(F)cc3)C(=O)C(=O)N2CCN(C)C)c1OC. The van der Waals surface area contributed by atoms with Crippen molar-refractivity contribution >= 4 is 17.4 Å². The topological polar surface area (TPSA) is 79.3 Å². The minimum absolute atomic E-state index is 0.0816. The van der Waals surface area contributed by atoms with Gasteiger partial charge in [-0.15, -0.1) is 0 Å². The van der Waals surface area contributed by atoms with Crippen molar-refractivity contribution in [3.05, 3.63) is 65.0 Å². The summed E-state index contributed by atoms with van der Waals surface area (Å²) in [6, 6.07) is 9.33. The molecule has 0 saturated carbocycles. The number of ether oxygens (including phenoxy) is 2. The van der Waals surface area contributed by atoms with E-state index in [1.54, 1.807) is 18.2 Å². The highest BCUT2D eigenvalue weighted by atomic mass is 19.1. The first-order valence-corrected chi connectivity index (χ1v) is 9.70. The monoisotopic (exact) mass is 428 g/mol. The van der Waals surface area contributed by atoms with Crippen LogP contribution in [0.15, 0.2) is 48.0 Å². The lowest BCUT2D eigenvalue weighted by molar-refractivity contribution is -0.140. The number of aliphatic hydroxyl groups is 1. The molecule has 0 aromatic heterocycles. The second kappa shape index (κ2) is 9.18. The quantitative estimate of drug-likeness (QED) is 0.415. The number of likely N-dealkylation sites (tertiary alicyclic amines) is 1. The highest BCUT2D eigenvalue weighted by molar-refractivity contribution is 6.46. The molecule has 0 bridgehead atoms. The number of likely N-dealkylation sites (N-methyl/N-ethyl adjacent to an activating group) is 1. The molecule has 7 nitrogen and oxygen atoms in total. The average Bonchev–Trinajstić information content (AvgIpc) is 3.01. The van der Waals surface area contributed by atoms with E-state index in [0.717, 1.165) is 0 Å². The van der Waals surface area contributed by atoms with Gasteiger partial charge in [0.05, 0.1) is 25.8 Å². The Bertz CT molecular complexity index is 1020. The number of methoxy groups -OCH3 is 2. The van der Waals surface area contributed by atoms with Gasteiger partial charge in [0.1, 0.15) is 11.6 Å². The number of halogens is 1. The predicted molar refractivity (Wildman–Crippen MR) is 114 cm³/mol. The molecule has 1 atom stereocenters. The van der Waals surface area contributed by atoms with Crippen LogP contribution in [-0.4, -0.2) is 68.0 Å². The number of rotatable bonds is 7. The van der Waals surface area contributed by atoms with Gasteiger partial charge >= 0.3 is 0 Å². The van der Waals surface area contributed by atoms with Crippen molar-refractivity contribution in [1.82, 2.24) is 9.80 Å². The number of hydrogen-bond donors (Lipinski definition) is 1. The smallest absolute Gasteiger partial charge is 0.295 e. The first kappa shape index (κ1) is 22.3.